The highest BCUT2D eigenvalue weighted by molar-refractivity contribution is 5.67. The average Bonchev–Trinajstić information content (AvgIpc) is 2.94. The Labute approximate surface area is 222 Å². The quantitative estimate of drug-likeness (QED) is 0.211. The van der Waals surface area contributed by atoms with Gasteiger partial charge in [0.15, 0.2) is 0 Å². The van der Waals surface area contributed by atoms with Crippen LogP contribution in [0.5, 0.6) is 0 Å². The van der Waals surface area contributed by atoms with Crippen LogP contribution in [0, 0.1) is 0 Å². The van der Waals surface area contributed by atoms with Crippen molar-refractivity contribution < 1.29 is 38.0 Å². The van der Waals surface area contributed by atoms with Crippen LogP contribution in [-0.4, -0.2) is 128 Å². The maximum absolute atomic E-state index is 12.2. The molecule has 0 radical (unpaired) electrons. The van der Waals surface area contributed by atoms with Crippen molar-refractivity contribution in [3.63, 3.8) is 0 Å². The van der Waals surface area contributed by atoms with E-state index >= 15 is 0 Å². The van der Waals surface area contributed by atoms with Crippen LogP contribution < -0.4 is 0 Å². The second kappa shape index (κ2) is 22.2. The summed E-state index contributed by atoms with van der Waals surface area (Å²) in [6.07, 6.45) is 0.779. The maximum atomic E-state index is 12.2. The van der Waals surface area contributed by atoms with Gasteiger partial charge in [-0.2, -0.15) is 0 Å². The van der Waals surface area contributed by atoms with E-state index in [-0.39, 0.29) is 6.09 Å². The van der Waals surface area contributed by atoms with Crippen LogP contribution in [0.2, 0.25) is 0 Å². The van der Waals surface area contributed by atoms with Crippen molar-refractivity contribution in [3.8, 4) is 0 Å². The van der Waals surface area contributed by atoms with Gasteiger partial charge in [0.1, 0.15) is 6.61 Å². The molecule has 0 atom stereocenters. The molecule has 37 heavy (non-hydrogen) atoms. The minimum atomic E-state index is -0.248. The molecule has 1 heterocycles. The lowest BCUT2D eigenvalue weighted by Gasteiger charge is -2.33. The average molecular weight is 527 g/mol. The minimum Gasteiger partial charge on any atom is -0.445 e. The highest BCUT2D eigenvalue weighted by Gasteiger charge is 2.21. The molecule has 10 heteroatoms. The molecule has 0 saturated carbocycles. The second-order valence-electron chi connectivity index (χ2n) is 8.54. The normalized spacial score (nSPS) is 14.2. The molecule has 1 fully saturated rings. The van der Waals surface area contributed by atoms with E-state index in [1.807, 2.05) is 30.3 Å². The zero-order valence-electron chi connectivity index (χ0n) is 22.5. The monoisotopic (exact) mass is 526 g/mol. The van der Waals surface area contributed by atoms with Crippen LogP contribution in [-0.2, 0) is 39.8 Å². The van der Waals surface area contributed by atoms with Gasteiger partial charge in [0.25, 0.3) is 0 Å². The van der Waals surface area contributed by atoms with E-state index in [1.54, 1.807) is 4.90 Å². The lowest BCUT2D eigenvalue weighted by atomic mass is 10.2. The predicted octanol–water partition coefficient (Wildman–Crippen LogP) is 2.45. The van der Waals surface area contributed by atoms with Gasteiger partial charge in [-0.05, 0) is 12.0 Å². The zero-order valence-corrected chi connectivity index (χ0v) is 22.5. The molecule has 212 valence electrons. The van der Waals surface area contributed by atoms with Gasteiger partial charge >= 0.3 is 6.09 Å². The number of ether oxygens (including phenoxy) is 7. The molecule has 1 saturated heterocycles. The van der Waals surface area contributed by atoms with Crippen LogP contribution in [0.3, 0.4) is 0 Å². The number of nitrogens with zero attached hydrogens (tertiary/aromatic N) is 2. The van der Waals surface area contributed by atoms with Crippen molar-refractivity contribution in [1.29, 1.82) is 0 Å². The third-order valence-electron chi connectivity index (χ3n) is 5.60. The lowest BCUT2D eigenvalue weighted by Crippen LogP contribution is -2.49. The standard InChI is InChI=1S/C27H46N2O8/c1-2-13-31-15-17-33-19-21-35-23-24-36-22-20-34-18-16-32-14-12-28-8-10-29(11-9-28)27(30)37-25-26-6-4-3-5-7-26/h3-7H,2,8-25H2,1H3. The topological polar surface area (TPSA) is 88.2 Å². The fourth-order valence-electron chi connectivity index (χ4n) is 3.50. The van der Waals surface area contributed by atoms with Crippen molar-refractivity contribution in [2.45, 2.75) is 20.0 Å². The van der Waals surface area contributed by atoms with Crippen molar-refractivity contribution in [2.24, 2.45) is 0 Å². The number of carbonyl (C=O) groups is 1. The van der Waals surface area contributed by atoms with Crippen molar-refractivity contribution in [3.05, 3.63) is 35.9 Å². The van der Waals surface area contributed by atoms with Crippen LogP contribution >= 0.6 is 0 Å². The number of rotatable bonds is 22. The first-order valence-corrected chi connectivity index (χ1v) is 13.4. The van der Waals surface area contributed by atoms with Crippen LogP contribution in [0.1, 0.15) is 18.9 Å². The van der Waals surface area contributed by atoms with Crippen LogP contribution in [0.15, 0.2) is 30.3 Å². The molecule has 0 aliphatic carbocycles. The summed E-state index contributed by atoms with van der Waals surface area (Å²) in [5, 5.41) is 0. The Hall–Kier alpha value is -1.79. The van der Waals surface area contributed by atoms with E-state index in [2.05, 4.69) is 11.8 Å². The summed E-state index contributed by atoms with van der Waals surface area (Å²) in [4.78, 5) is 16.3. The van der Waals surface area contributed by atoms with Crippen molar-refractivity contribution in [1.82, 2.24) is 9.80 Å². The second-order valence-corrected chi connectivity index (χ2v) is 8.54. The molecule has 0 N–H and O–H groups in total. The summed E-state index contributed by atoms with van der Waals surface area (Å²) < 4.78 is 38.3. The van der Waals surface area contributed by atoms with Gasteiger partial charge in [-0.3, -0.25) is 4.90 Å². The number of hydrogen-bond donors (Lipinski definition) is 0. The molecule has 1 aromatic rings. The summed E-state index contributed by atoms with van der Waals surface area (Å²) in [7, 11) is 0. The lowest BCUT2D eigenvalue weighted by molar-refractivity contribution is -0.0179. The van der Waals surface area contributed by atoms with Gasteiger partial charge in [-0.15, -0.1) is 0 Å². The minimum absolute atomic E-state index is 0.248. The predicted molar refractivity (Wildman–Crippen MR) is 140 cm³/mol. The molecule has 1 amide bonds. The van der Waals surface area contributed by atoms with E-state index in [4.69, 9.17) is 33.2 Å². The molecule has 0 bridgehead atoms. The van der Waals surface area contributed by atoms with Crippen molar-refractivity contribution in [2.75, 3.05) is 112 Å². The van der Waals surface area contributed by atoms with E-state index in [9.17, 15) is 4.79 Å². The fraction of sp³-hybridized carbons (Fsp3) is 0.741. The molecule has 0 spiro atoms. The molecule has 0 aromatic heterocycles. The first-order valence-electron chi connectivity index (χ1n) is 13.4. The zero-order chi connectivity index (χ0) is 26.2. The number of benzene rings is 1. The third kappa shape index (κ3) is 16.6. The number of piperazine rings is 1. The molecule has 2 rings (SSSR count). The summed E-state index contributed by atoms with van der Waals surface area (Å²) in [5.74, 6) is 0. The van der Waals surface area contributed by atoms with Crippen LogP contribution in [0.25, 0.3) is 0 Å². The van der Waals surface area contributed by atoms with E-state index in [0.717, 1.165) is 38.2 Å². The summed E-state index contributed by atoms with van der Waals surface area (Å²) >= 11 is 0. The highest BCUT2D eigenvalue weighted by atomic mass is 16.6. The number of carbonyl (C=O) groups excluding carboxylic acids is 1. The van der Waals surface area contributed by atoms with Gasteiger partial charge in [0, 0.05) is 39.3 Å². The van der Waals surface area contributed by atoms with Gasteiger partial charge < -0.3 is 38.1 Å². The molecule has 1 aromatic carbocycles. The number of amides is 1. The molecular formula is C27H46N2O8. The molecule has 0 unspecified atom stereocenters. The van der Waals surface area contributed by atoms with E-state index in [0.29, 0.717) is 92.4 Å². The summed E-state index contributed by atoms with van der Waals surface area (Å²) in [5.41, 5.74) is 0.995. The van der Waals surface area contributed by atoms with E-state index < -0.39 is 0 Å². The van der Waals surface area contributed by atoms with Crippen LogP contribution in [0.4, 0.5) is 4.79 Å². The first-order chi connectivity index (χ1) is 18.3. The van der Waals surface area contributed by atoms with Gasteiger partial charge in [-0.25, -0.2) is 4.79 Å². The van der Waals surface area contributed by atoms with Gasteiger partial charge in [0.05, 0.1) is 72.7 Å². The molecular weight excluding hydrogens is 480 g/mol. The highest BCUT2D eigenvalue weighted by Crippen LogP contribution is 2.07. The molecule has 1 aliphatic heterocycles. The Kier molecular flexibility index (Phi) is 18.9. The summed E-state index contributed by atoms with van der Waals surface area (Å²) in [6.45, 7) is 13.3. The molecule has 1 aliphatic rings. The largest absolute Gasteiger partial charge is 0.445 e. The Balaban J connectivity index is 1.29. The van der Waals surface area contributed by atoms with Gasteiger partial charge in [-0.1, -0.05) is 37.3 Å². The molecule has 10 nitrogen and oxygen atoms in total. The summed E-state index contributed by atoms with van der Waals surface area (Å²) in [6, 6.07) is 9.73. The number of hydrogen-bond acceptors (Lipinski definition) is 9. The SMILES string of the molecule is CCCOCCOCCOCCOCCOCCOCCN1CCN(C(=O)OCc2ccccc2)CC1. The maximum Gasteiger partial charge on any atom is 0.410 e. The Bertz CT molecular complexity index is 659. The van der Waals surface area contributed by atoms with Gasteiger partial charge in [0.2, 0.25) is 0 Å². The van der Waals surface area contributed by atoms with E-state index in [1.165, 1.54) is 0 Å². The smallest absolute Gasteiger partial charge is 0.410 e. The Morgan fingerprint density at radius 1 is 0.649 bits per heavy atom. The van der Waals surface area contributed by atoms with Crippen molar-refractivity contribution >= 4 is 6.09 Å². The fourth-order valence-corrected chi connectivity index (χ4v) is 3.50. The first kappa shape index (κ1) is 31.4. The Morgan fingerprint density at radius 2 is 1.11 bits per heavy atom. The Morgan fingerprint density at radius 3 is 1.59 bits per heavy atom. The third-order valence-corrected chi connectivity index (χ3v) is 5.60.